The third-order valence-corrected chi connectivity index (χ3v) is 12.6. The molecule has 0 aliphatic rings. The van der Waals surface area contributed by atoms with E-state index in [0.29, 0.717) is 0 Å². The van der Waals surface area contributed by atoms with Gasteiger partial charge in [-0.15, -0.1) is 0 Å². The van der Waals surface area contributed by atoms with Crippen LogP contribution in [0.1, 0.15) is 5.56 Å². The molecule has 0 atom stereocenters. The first kappa shape index (κ1) is 28.1. The Bertz CT molecular complexity index is 2880. The van der Waals surface area contributed by atoms with Crippen molar-refractivity contribution in [1.82, 2.24) is 0 Å². The average Bonchev–Trinajstić information content (AvgIpc) is 3.54. The van der Waals surface area contributed by atoms with Crippen molar-refractivity contribution in [2.24, 2.45) is 0 Å². The number of nitriles is 1. The minimum absolute atomic E-state index is 0.100. The topological polar surface area (TPSA) is 23.8 Å². The molecule has 0 unspecified atom stereocenters. The zero-order valence-corrected chi connectivity index (χ0v) is 28.2. The molecule has 0 amide bonds. The normalized spacial score (nSPS) is 11.7. The number of hydrogen-bond acceptors (Lipinski definition) is 1. The zero-order chi connectivity index (χ0) is 32.5. The van der Waals surface area contributed by atoms with E-state index >= 15 is 0 Å². The van der Waals surface area contributed by atoms with Gasteiger partial charge >= 0.3 is 291 Å². The molecule has 1 nitrogen and oxygen atoms in total. The van der Waals surface area contributed by atoms with Crippen molar-refractivity contribution in [3.63, 3.8) is 0 Å². The number of fused-ring (bicyclic) bond motifs is 7. The molecule has 2 heteroatoms. The van der Waals surface area contributed by atoms with E-state index in [1.807, 2.05) is 12.1 Å². The number of benzene rings is 9. The van der Waals surface area contributed by atoms with Gasteiger partial charge in [-0.1, -0.05) is 0 Å². The van der Waals surface area contributed by atoms with Gasteiger partial charge in [0.1, 0.15) is 0 Å². The molecule has 0 N–H and O–H groups in total. The SMILES string of the molecule is N#Cc1c2ccccc2c(-c2cccc3c2[se]c2cc(-c4c5ccccc5c(-c5ccccc5)c5ccccc45)ccc23)c2ccccc12. The van der Waals surface area contributed by atoms with E-state index in [1.54, 1.807) is 0 Å². The Labute approximate surface area is 289 Å². The van der Waals surface area contributed by atoms with Crippen LogP contribution in [0, 0.1) is 11.3 Å². The van der Waals surface area contributed by atoms with Crippen molar-refractivity contribution in [1.29, 1.82) is 5.26 Å². The molecule has 1 aromatic heterocycles. The Morgan fingerprint density at radius 3 is 1.39 bits per heavy atom. The first-order valence-corrected chi connectivity index (χ1v) is 18.3. The quantitative estimate of drug-likeness (QED) is 0.134. The summed E-state index contributed by atoms with van der Waals surface area (Å²) in [4.78, 5) is 0. The molecule has 0 radical (unpaired) electrons. The second-order valence-electron chi connectivity index (χ2n) is 12.7. The van der Waals surface area contributed by atoms with Gasteiger partial charge in [-0.05, 0) is 0 Å². The Morgan fingerprint density at radius 1 is 0.367 bits per heavy atom. The third kappa shape index (κ3) is 4.17. The van der Waals surface area contributed by atoms with Crippen LogP contribution in [-0.2, 0) is 0 Å². The summed E-state index contributed by atoms with van der Waals surface area (Å²) in [5.41, 5.74) is 8.34. The molecule has 0 aliphatic heterocycles. The predicted molar refractivity (Wildman–Crippen MR) is 209 cm³/mol. The first-order valence-electron chi connectivity index (χ1n) is 16.6. The van der Waals surface area contributed by atoms with Gasteiger partial charge in [0.25, 0.3) is 0 Å². The fourth-order valence-corrected chi connectivity index (χ4v) is 10.7. The fraction of sp³-hybridized carbons (Fsp3) is 0. The average molecular weight is 685 g/mol. The number of nitrogens with zero attached hydrogens (tertiary/aromatic N) is 1. The van der Waals surface area contributed by atoms with E-state index < -0.39 is 0 Å². The zero-order valence-electron chi connectivity index (χ0n) is 26.4. The Morgan fingerprint density at radius 2 is 0.837 bits per heavy atom. The molecule has 226 valence electrons. The number of rotatable bonds is 3. The van der Waals surface area contributed by atoms with E-state index in [4.69, 9.17) is 0 Å². The van der Waals surface area contributed by atoms with Crippen LogP contribution in [0.5, 0.6) is 0 Å². The van der Waals surface area contributed by atoms with E-state index in [1.165, 1.54) is 74.2 Å². The van der Waals surface area contributed by atoms with Gasteiger partial charge in [-0.2, -0.15) is 0 Å². The van der Waals surface area contributed by atoms with E-state index in [9.17, 15) is 5.26 Å². The van der Waals surface area contributed by atoms with E-state index in [-0.39, 0.29) is 14.5 Å². The Hall–Kier alpha value is -5.97. The van der Waals surface area contributed by atoms with Gasteiger partial charge < -0.3 is 0 Å². The van der Waals surface area contributed by atoms with Crippen LogP contribution in [0.4, 0.5) is 0 Å². The molecule has 49 heavy (non-hydrogen) atoms. The minimum atomic E-state index is 0.100. The van der Waals surface area contributed by atoms with Gasteiger partial charge in [0, 0.05) is 0 Å². The Balaban J connectivity index is 1.26. The van der Waals surface area contributed by atoms with Crippen LogP contribution in [0.3, 0.4) is 0 Å². The molecule has 0 saturated heterocycles. The number of hydrogen-bond donors (Lipinski definition) is 0. The van der Waals surface area contributed by atoms with Crippen LogP contribution in [0.2, 0.25) is 0 Å². The van der Waals surface area contributed by atoms with Crippen LogP contribution in [0.15, 0.2) is 164 Å². The molecule has 0 saturated carbocycles. The van der Waals surface area contributed by atoms with Gasteiger partial charge in [-0.3, -0.25) is 0 Å². The van der Waals surface area contributed by atoms with Crippen LogP contribution in [0.25, 0.3) is 95.8 Å². The van der Waals surface area contributed by atoms with Gasteiger partial charge in [0.2, 0.25) is 0 Å². The molecule has 10 rings (SSSR count). The molecular formula is C47H27NSe. The van der Waals surface area contributed by atoms with Crippen LogP contribution in [-0.4, -0.2) is 14.5 Å². The van der Waals surface area contributed by atoms with E-state index in [2.05, 4.69) is 158 Å². The molecular weight excluding hydrogens is 657 g/mol. The first-order chi connectivity index (χ1) is 24.3. The molecule has 0 bridgehead atoms. The van der Waals surface area contributed by atoms with Crippen molar-refractivity contribution in [3.8, 4) is 39.4 Å². The van der Waals surface area contributed by atoms with Gasteiger partial charge in [0.15, 0.2) is 0 Å². The maximum absolute atomic E-state index is 10.2. The molecule has 0 spiro atoms. The molecule has 9 aromatic carbocycles. The molecule has 0 fully saturated rings. The second-order valence-corrected chi connectivity index (χ2v) is 14.9. The summed E-state index contributed by atoms with van der Waals surface area (Å²) in [5.74, 6) is 0. The predicted octanol–water partition coefficient (Wildman–Crippen LogP) is 12.5. The summed E-state index contributed by atoms with van der Waals surface area (Å²) < 4.78 is 2.83. The Kier molecular flexibility index (Phi) is 6.33. The summed E-state index contributed by atoms with van der Waals surface area (Å²) in [7, 11) is 0. The monoisotopic (exact) mass is 685 g/mol. The summed E-state index contributed by atoms with van der Waals surface area (Å²) >= 11 is 0.100. The van der Waals surface area contributed by atoms with Crippen molar-refractivity contribution in [2.75, 3.05) is 0 Å². The molecule has 1 heterocycles. The second kappa shape index (κ2) is 11.0. The van der Waals surface area contributed by atoms with Crippen LogP contribution < -0.4 is 0 Å². The van der Waals surface area contributed by atoms with Gasteiger partial charge in [-0.25, -0.2) is 0 Å². The maximum atomic E-state index is 10.2. The summed E-state index contributed by atoms with van der Waals surface area (Å²) in [5, 5.41) is 22.3. The molecule has 10 aromatic rings. The summed E-state index contributed by atoms with van der Waals surface area (Å²) in [6.07, 6.45) is 0. The third-order valence-electron chi connectivity index (χ3n) is 10.1. The van der Waals surface area contributed by atoms with Gasteiger partial charge in [0.05, 0.1) is 0 Å². The standard InChI is InChI=1S/C47H27NSe/c48-28-42-31-15-4-6-17-34(31)46(35-18-7-5-16-32(35)42)41-24-12-23-40-33-26-25-30(27-43(33)49-47(40)41)45-38-21-10-8-19-36(38)44(29-13-2-1-3-14-29)37-20-9-11-22-39(37)45/h1-27H. The van der Waals surface area contributed by atoms with Crippen molar-refractivity contribution in [2.45, 2.75) is 0 Å². The van der Waals surface area contributed by atoms with Crippen molar-refractivity contribution < 1.29 is 0 Å². The molecule has 0 aliphatic carbocycles. The van der Waals surface area contributed by atoms with E-state index in [0.717, 1.165) is 27.1 Å². The summed E-state index contributed by atoms with van der Waals surface area (Å²) in [6.45, 7) is 0. The van der Waals surface area contributed by atoms with Crippen molar-refractivity contribution in [3.05, 3.63) is 169 Å². The van der Waals surface area contributed by atoms with Crippen molar-refractivity contribution >= 4 is 76.9 Å². The summed E-state index contributed by atoms with van der Waals surface area (Å²) in [6, 6.07) is 61.8. The fourth-order valence-electron chi connectivity index (χ4n) is 8.04. The van der Waals surface area contributed by atoms with Crippen LogP contribution >= 0.6 is 0 Å².